The molecule has 1 saturated carbocycles. The fourth-order valence-corrected chi connectivity index (χ4v) is 5.51. The van der Waals surface area contributed by atoms with Crippen molar-refractivity contribution in [3.63, 3.8) is 0 Å². The lowest BCUT2D eigenvalue weighted by atomic mass is 9.86. The lowest BCUT2D eigenvalue weighted by molar-refractivity contribution is -0.141. The van der Waals surface area contributed by atoms with Crippen LogP contribution in [0.3, 0.4) is 0 Å². The highest BCUT2D eigenvalue weighted by molar-refractivity contribution is 6.30. The van der Waals surface area contributed by atoms with Crippen molar-refractivity contribution in [1.82, 2.24) is 10.2 Å². The first-order chi connectivity index (χ1) is 16.9. The first-order valence-corrected chi connectivity index (χ1v) is 12.6. The maximum Gasteiger partial charge on any atom is 0.337 e. The van der Waals surface area contributed by atoms with Gasteiger partial charge in [0.2, 0.25) is 5.91 Å². The summed E-state index contributed by atoms with van der Waals surface area (Å²) in [4.78, 5) is 28.0. The zero-order valence-corrected chi connectivity index (χ0v) is 20.7. The van der Waals surface area contributed by atoms with Crippen molar-refractivity contribution >= 4 is 23.5 Å². The number of likely N-dealkylation sites (tertiary alicyclic amines) is 1. The molecule has 0 spiro atoms. The molecule has 3 aliphatic rings. The van der Waals surface area contributed by atoms with Crippen LogP contribution in [-0.4, -0.2) is 61.8 Å². The van der Waals surface area contributed by atoms with Gasteiger partial charge in [0.15, 0.2) is 0 Å². The number of nitrogens with zero attached hydrogens (tertiary/aromatic N) is 1. The third kappa shape index (κ3) is 4.90. The van der Waals surface area contributed by atoms with Crippen LogP contribution in [0.15, 0.2) is 48.5 Å². The number of carbonyl (C=O) groups is 2. The number of esters is 1. The molecule has 0 bridgehead atoms. The number of carbonyl (C=O) groups excluding carboxylic acids is 2. The average molecular weight is 499 g/mol. The predicted molar refractivity (Wildman–Crippen MR) is 132 cm³/mol. The molecule has 0 aromatic heterocycles. The summed E-state index contributed by atoms with van der Waals surface area (Å²) in [6.45, 7) is 2.59. The Bertz CT molecular complexity index is 1080. The van der Waals surface area contributed by atoms with Crippen LogP contribution >= 0.6 is 11.6 Å². The molecule has 2 aromatic carbocycles. The van der Waals surface area contributed by atoms with Gasteiger partial charge >= 0.3 is 5.97 Å². The van der Waals surface area contributed by atoms with Crippen LogP contribution in [0.1, 0.15) is 48.0 Å². The number of benzene rings is 2. The van der Waals surface area contributed by atoms with Crippen molar-refractivity contribution in [3.8, 4) is 5.75 Å². The molecular formula is C27H31ClN2O5. The van der Waals surface area contributed by atoms with Gasteiger partial charge in [0.25, 0.3) is 0 Å². The second kappa shape index (κ2) is 9.80. The molecule has 186 valence electrons. The highest BCUT2D eigenvalue weighted by Gasteiger charge is 2.53. The molecule has 2 aliphatic heterocycles. The molecule has 5 rings (SSSR count). The van der Waals surface area contributed by atoms with Crippen molar-refractivity contribution in [2.45, 2.75) is 49.3 Å². The number of nitrogens with one attached hydrogen (secondary N) is 1. The second-order valence-electron chi connectivity index (χ2n) is 9.68. The summed E-state index contributed by atoms with van der Waals surface area (Å²) in [5, 5.41) is 4.04. The van der Waals surface area contributed by atoms with Gasteiger partial charge in [0.05, 0.1) is 18.2 Å². The molecule has 2 heterocycles. The van der Waals surface area contributed by atoms with Crippen molar-refractivity contribution in [2.24, 2.45) is 0 Å². The van der Waals surface area contributed by atoms with Crippen molar-refractivity contribution in [2.75, 3.05) is 33.4 Å². The molecule has 0 unspecified atom stereocenters. The monoisotopic (exact) mass is 498 g/mol. The van der Waals surface area contributed by atoms with Crippen LogP contribution in [0.2, 0.25) is 5.02 Å². The first kappa shape index (κ1) is 24.1. The van der Waals surface area contributed by atoms with Crippen LogP contribution in [0.5, 0.6) is 5.75 Å². The van der Waals surface area contributed by atoms with Crippen molar-refractivity contribution < 1.29 is 23.8 Å². The third-order valence-corrected chi connectivity index (χ3v) is 7.79. The van der Waals surface area contributed by atoms with E-state index in [1.807, 2.05) is 36.4 Å². The van der Waals surface area contributed by atoms with E-state index in [1.165, 1.54) is 7.11 Å². The number of halogens is 1. The fraction of sp³-hybridized carbons (Fsp3) is 0.481. The lowest BCUT2D eigenvalue weighted by Crippen LogP contribution is -2.62. The fourth-order valence-electron chi connectivity index (χ4n) is 5.33. The summed E-state index contributed by atoms with van der Waals surface area (Å²) in [5.41, 5.74) is 0.519. The third-order valence-electron chi connectivity index (χ3n) is 7.55. The van der Waals surface area contributed by atoms with Gasteiger partial charge in [-0.25, -0.2) is 4.79 Å². The van der Waals surface area contributed by atoms with Gasteiger partial charge in [-0.1, -0.05) is 29.8 Å². The van der Waals surface area contributed by atoms with E-state index in [4.69, 9.17) is 25.8 Å². The largest absolute Gasteiger partial charge is 0.489 e. The van der Waals surface area contributed by atoms with Crippen LogP contribution in [0, 0.1) is 0 Å². The molecule has 3 fully saturated rings. The van der Waals surface area contributed by atoms with Crippen LogP contribution in [0.4, 0.5) is 0 Å². The number of hydrogen-bond acceptors (Lipinski definition) is 6. The summed E-state index contributed by atoms with van der Waals surface area (Å²) in [6.07, 6.45) is 3.91. The van der Waals surface area contributed by atoms with Crippen molar-refractivity contribution in [3.05, 3.63) is 64.7 Å². The summed E-state index contributed by atoms with van der Waals surface area (Å²) in [5.74, 6) is 0.441. The van der Waals surface area contributed by atoms with E-state index in [1.54, 1.807) is 12.1 Å². The van der Waals surface area contributed by atoms with E-state index < -0.39 is 5.54 Å². The molecule has 2 saturated heterocycles. The topological polar surface area (TPSA) is 77.1 Å². The van der Waals surface area contributed by atoms with E-state index in [0.717, 1.165) is 37.1 Å². The second-order valence-corrected chi connectivity index (χ2v) is 10.1. The minimum atomic E-state index is -0.619. The zero-order chi connectivity index (χ0) is 24.5. The van der Waals surface area contributed by atoms with Gasteiger partial charge in [0, 0.05) is 31.3 Å². The molecule has 1 aliphatic carbocycles. The summed E-state index contributed by atoms with van der Waals surface area (Å²) >= 11 is 6.11. The molecule has 1 atom stereocenters. The Morgan fingerprint density at radius 2 is 1.83 bits per heavy atom. The van der Waals surface area contributed by atoms with Crippen LogP contribution < -0.4 is 10.1 Å². The zero-order valence-electron chi connectivity index (χ0n) is 19.9. The molecule has 1 amide bonds. The molecule has 2 aromatic rings. The predicted octanol–water partition coefficient (Wildman–Crippen LogP) is 3.93. The summed E-state index contributed by atoms with van der Waals surface area (Å²) in [6, 6.07) is 14.8. The van der Waals surface area contributed by atoms with E-state index in [0.29, 0.717) is 43.2 Å². The van der Waals surface area contributed by atoms with Gasteiger partial charge in [-0.15, -0.1) is 0 Å². The molecule has 8 heteroatoms. The van der Waals surface area contributed by atoms with E-state index in [2.05, 4.69) is 10.2 Å². The minimum absolute atomic E-state index is 0.00161. The molecule has 7 nitrogen and oxygen atoms in total. The SMILES string of the molecule is COC(=O)c1ccc(C2(NC(=O)C3(N4CC[C@H](Oc5cccc(Cl)c5)C4)CCOCC3)CC2)cc1. The van der Waals surface area contributed by atoms with E-state index in [-0.39, 0.29) is 23.5 Å². The number of hydrogen-bond donors (Lipinski definition) is 1. The maximum atomic E-state index is 13.9. The van der Waals surface area contributed by atoms with Gasteiger partial charge in [-0.05, 0) is 68.0 Å². The van der Waals surface area contributed by atoms with Gasteiger partial charge < -0.3 is 19.5 Å². The number of ether oxygens (including phenoxy) is 3. The van der Waals surface area contributed by atoms with Crippen LogP contribution in [0.25, 0.3) is 0 Å². The smallest absolute Gasteiger partial charge is 0.337 e. The Morgan fingerprint density at radius 1 is 1.09 bits per heavy atom. The summed E-state index contributed by atoms with van der Waals surface area (Å²) < 4.78 is 16.6. The van der Waals surface area contributed by atoms with E-state index in [9.17, 15) is 9.59 Å². The lowest BCUT2D eigenvalue weighted by Gasteiger charge is -2.43. The number of rotatable bonds is 7. The Hall–Kier alpha value is -2.61. The minimum Gasteiger partial charge on any atom is -0.489 e. The molecule has 35 heavy (non-hydrogen) atoms. The Morgan fingerprint density at radius 3 is 2.49 bits per heavy atom. The maximum absolute atomic E-state index is 13.9. The first-order valence-electron chi connectivity index (χ1n) is 12.2. The normalized spacial score (nSPS) is 22.9. The number of amides is 1. The average Bonchev–Trinajstić information content (AvgIpc) is 3.51. The Balaban J connectivity index is 1.30. The Kier molecular flexibility index (Phi) is 6.75. The van der Waals surface area contributed by atoms with Crippen LogP contribution in [-0.2, 0) is 19.8 Å². The highest BCUT2D eigenvalue weighted by atomic mass is 35.5. The Labute approximate surface area is 210 Å². The molecular weight excluding hydrogens is 468 g/mol. The van der Waals surface area contributed by atoms with Gasteiger partial charge in [-0.2, -0.15) is 0 Å². The quantitative estimate of drug-likeness (QED) is 0.583. The summed E-state index contributed by atoms with van der Waals surface area (Å²) in [7, 11) is 1.37. The van der Waals surface area contributed by atoms with E-state index >= 15 is 0 Å². The molecule has 0 radical (unpaired) electrons. The van der Waals surface area contributed by atoms with Gasteiger partial charge in [-0.3, -0.25) is 9.69 Å². The van der Waals surface area contributed by atoms with Gasteiger partial charge in [0.1, 0.15) is 17.4 Å². The van der Waals surface area contributed by atoms with Crippen molar-refractivity contribution in [1.29, 1.82) is 0 Å². The standard InChI is InChI=1S/C27H31ClN2O5/c1-33-24(31)19-5-7-20(8-6-19)26(10-11-26)29-25(32)27(12-15-34-16-13-27)30-14-9-23(18-30)35-22-4-2-3-21(28)17-22/h2-8,17,23H,9-16,18H2,1H3,(H,29,32)/t23-/m0/s1. The highest BCUT2D eigenvalue weighted by Crippen LogP contribution is 2.46. The number of methoxy groups -OCH3 is 1. The molecule has 1 N–H and O–H groups in total.